The van der Waals surface area contributed by atoms with Crippen molar-refractivity contribution in [3.05, 3.63) is 11.8 Å². The number of halogens is 3. The maximum Gasteiger partial charge on any atom is 0.433 e. The van der Waals surface area contributed by atoms with Crippen LogP contribution < -0.4 is 10.6 Å². The number of nitrogens with zero attached hydrogens (tertiary/aromatic N) is 3. The zero-order valence-corrected chi connectivity index (χ0v) is 15.0. The van der Waals surface area contributed by atoms with E-state index in [-0.39, 0.29) is 24.3 Å². The molecule has 1 aliphatic rings. The number of alkyl halides is 3. The second-order valence-corrected chi connectivity index (χ2v) is 6.52. The first kappa shape index (κ1) is 20.7. The molecule has 0 aliphatic carbocycles. The van der Waals surface area contributed by atoms with Crippen LogP contribution in [0.25, 0.3) is 0 Å². The molecule has 26 heavy (non-hydrogen) atoms. The number of anilines is 2. The molecule has 2 rings (SSSR count). The molecule has 148 valence electrons. The molecule has 0 bridgehead atoms. The first-order chi connectivity index (χ1) is 12.3. The second kappa shape index (κ2) is 9.33. The number of aliphatic hydroxyl groups is 1. The Morgan fingerprint density at radius 2 is 1.96 bits per heavy atom. The van der Waals surface area contributed by atoms with E-state index in [1.807, 2.05) is 13.8 Å². The first-order valence-electron chi connectivity index (χ1n) is 8.67. The largest absolute Gasteiger partial charge is 0.433 e. The Balaban J connectivity index is 2.07. The van der Waals surface area contributed by atoms with Crippen molar-refractivity contribution in [2.24, 2.45) is 5.92 Å². The molecule has 0 radical (unpaired) electrons. The number of nitrogens with one attached hydrogen (secondary N) is 2. The molecule has 1 saturated heterocycles. The molecule has 10 heteroatoms. The number of hydrogen-bond acceptors (Lipinski definition) is 7. The molecule has 7 nitrogen and oxygen atoms in total. The van der Waals surface area contributed by atoms with Crippen molar-refractivity contribution in [2.45, 2.75) is 26.1 Å². The molecule has 0 spiro atoms. The van der Waals surface area contributed by atoms with Gasteiger partial charge in [0.15, 0.2) is 5.69 Å². The predicted molar refractivity (Wildman–Crippen MR) is 92.1 cm³/mol. The van der Waals surface area contributed by atoms with E-state index in [0.29, 0.717) is 26.3 Å². The van der Waals surface area contributed by atoms with E-state index in [0.717, 1.165) is 19.2 Å². The Kier molecular flexibility index (Phi) is 7.42. The van der Waals surface area contributed by atoms with Gasteiger partial charge in [0, 0.05) is 32.2 Å². The highest BCUT2D eigenvalue weighted by Gasteiger charge is 2.34. The van der Waals surface area contributed by atoms with E-state index in [9.17, 15) is 18.3 Å². The Labute approximate surface area is 151 Å². The van der Waals surface area contributed by atoms with Gasteiger partial charge in [-0.1, -0.05) is 13.8 Å². The molecule has 1 aromatic rings. The number of morpholine rings is 1. The Morgan fingerprint density at radius 1 is 1.27 bits per heavy atom. The molecule has 0 aromatic carbocycles. The van der Waals surface area contributed by atoms with E-state index in [2.05, 4.69) is 25.5 Å². The number of rotatable bonds is 8. The summed E-state index contributed by atoms with van der Waals surface area (Å²) in [6, 6.07) is 0.466. The molecular formula is C16H26F3N5O2. The minimum atomic E-state index is -4.58. The van der Waals surface area contributed by atoms with Crippen molar-refractivity contribution in [3.8, 4) is 0 Å². The fraction of sp³-hybridized carbons (Fsp3) is 0.750. The van der Waals surface area contributed by atoms with Gasteiger partial charge in [-0.2, -0.15) is 18.2 Å². The van der Waals surface area contributed by atoms with Gasteiger partial charge in [0.05, 0.1) is 25.9 Å². The van der Waals surface area contributed by atoms with Gasteiger partial charge in [0.25, 0.3) is 0 Å². The molecule has 0 unspecified atom stereocenters. The predicted octanol–water partition coefficient (Wildman–Crippen LogP) is 1.67. The minimum Gasteiger partial charge on any atom is -0.394 e. The quantitative estimate of drug-likeness (QED) is 0.636. The van der Waals surface area contributed by atoms with Crippen LogP contribution in [0.4, 0.5) is 24.9 Å². The summed E-state index contributed by atoms with van der Waals surface area (Å²) in [6.07, 6.45) is -4.58. The lowest BCUT2D eigenvalue weighted by Crippen LogP contribution is -2.39. The van der Waals surface area contributed by atoms with Crippen LogP contribution in [-0.2, 0) is 10.9 Å². The van der Waals surface area contributed by atoms with Gasteiger partial charge >= 0.3 is 6.18 Å². The SMILES string of the molecule is CC(C)[C@@H](CO)Nc1nc(NCCN2CCOCC2)cc(C(F)(F)F)n1. The van der Waals surface area contributed by atoms with Gasteiger partial charge in [-0.25, -0.2) is 4.98 Å². The van der Waals surface area contributed by atoms with Crippen LogP contribution in [-0.4, -0.2) is 72.0 Å². The maximum atomic E-state index is 13.1. The van der Waals surface area contributed by atoms with Gasteiger partial charge in [0.1, 0.15) is 5.82 Å². The summed E-state index contributed by atoms with van der Waals surface area (Å²) in [7, 11) is 0. The number of hydrogen-bond donors (Lipinski definition) is 3. The van der Waals surface area contributed by atoms with E-state index < -0.39 is 17.9 Å². The minimum absolute atomic E-state index is 0.0101. The zero-order chi connectivity index (χ0) is 19.2. The highest BCUT2D eigenvalue weighted by atomic mass is 19.4. The molecule has 1 aliphatic heterocycles. The fourth-order valence-corrected chi connectivity index (χ4v) is 2.50. The lowest BCUT2D eigenvalue weighted by molar-refractivity contribution is -0.141. The monoisotopic (exact) mass is 377 g/mol. The van der Waals surface area contributed by atoms with Gasteiger partial charge in [0.2, 0.25) is 5.95 Å². The fourth-order valence-electron chi connectivity index (χ4n) is 2.50. The van der Waals surface area contributed by atoms with Crippen LogP contribution in [0.15, 0.2) is 6.07 Å². The highest BCUT2D eigenvalue weighted by molar-refractivity contribution is 5.43. The van der Waals surface area contributed by atoms with Gasteiger partial charge in [-0.05, 0) is 5.92 Å². The standard InChI is InChI=1S/C16H26F3N5O2/c1-11(2)12(10-25)21-15-22-13(16(17,18)19)9-14(23-15)20-3-4-24-5-7-26-8-6-24/h9,11-12,25H,3-8,10H2,1-2H3,(H2,20,21,22,23)/t12-/m1/s1. The van der Waals surface area contributed by atoms with E-state index in [4.69, 9.17) is 4.74 Å². The second-order valence-electron chi connectivity index (χ2n) is 6.52. The lowest BCUT2D eigenvalue weighted by Gasteiger charge is -2.26. The maximum absolute atomic E-state index is 13.1. The summed E-state index contributed by atoms with van der Waals surface area (Å²) in [4.78, 5) is 9.83. The smallest absolute Gasteiger partial charge is 0.394 e. The van der Waals surface area contributed by atoms with Crippen LogP contribution in [0.2, 0.25) is 0 Å². The number of aliphatic hydroxyl groups excluding tert-OH is 1. The molecule has 1 atom stereocenters. The van der Waals surface area contributed by atoms with Crippen LogP contribution in [0, 0.1) is 5.92 Å². The third kappa shape index (κ3) is 6.26. The summed E-state index contributed by atoms with van der Waals surface area (Å²) < 4.78 is 44.6. The summed E-state index contributed by atoms with van der Waals surface area (Å²) in [6.45, 7) is 7.56. The third-order valence-electron chi connectivity index (χ3n) is 4.17. The van der Waals surface area contributed by atoms with Crippen LogP contribution in [0.1, 0.15) is 19.5 Å². The van der Waals surface area contributed by atoms with Crippen molar-refractivity contribution >= 4 is 11.8 Å². The van der Waals surface area contributed by atoms with Crippen LogP contribution >= 0.6 is 0 Å². The Hall–Kier alpha value is -1.65. The van der Waals surface area contributed by atoms with Crippen LogP contribution in [0.5, 0.6) is 0 Å². The normalized spacial score (nSPS) is 17.3. The number of aromatic nitrogens is 2. The Morgan fingerprint density at radius 3 is 2.54 bits per heavy atom. The molecule has 0 amide bonds. The van der Waals surface area contributed by atoms with Crippen molar-refractivity contribution in [2.75, 3.05) is 56.6 Å². The number of ether oxygens (including phenoxy) is 1. The molecule has 2 heterocycles. The average molecular weight is 377 g/mol. The summed E-state index contributed by atoms with van der Waals surface area (Å²) in [5.41, 5.74) is -1.02. The van der Waals surface area contributed by atoms with Crippen molar-refractivity contribution in [3.63, 3.8) is 0 Å². The van der Waals surface area contributed by atoms with Gasteiger partial charge in [-0.3, -0.25) is 4.90 Å². The van der Waals surface area contributed by atoms with Crippen LogP contribution in [0.3, 0.4) is 0 Å². The molecule has 1 fully saturated rings. The summed E-state index contributed by atoms with van der Waals surface area (Å²) in [5.74, 6) is -0.0409. The first-order valence-corrected chi connectivity index (χ1v) is 8.67. The van der Waals surface area contributed by atoms with Crippen molar-refractivity contribution in [1.82, 2.24) is 14.9 Å². The third-order valence-corrected chi connectivity index (χ3v) is 4.17. The highest BCUT2D eigenvalue weighted by Crippen LogP contribution is 2.29. The summed E-state index contributed by atoms with van der Waals surface area (Å²) >= 11 is 0. The van der Waals surface area contributed by atoms with Gasteiger partial charge < -0.3 is 20.5 Å². The Bertz CT molecular complexity index is 565. The van der Waals surface area contributed by atoms with Crippen molar-refractivity contribution in [1.29, 1.82) is 0 Å². The molecule has 0 saturated carbocycles. The topological polar surface area (TPSA) is 82.5 Å². The summed E-state index contributed by atoms with van der Waals surface area (Å²) in [5, 5.41) is 15.1. The molecular weight excluding hydrogens is 351 g/mol. The zero-order valence-electron chi connectivity index (χ0n) is 15.0. The lowest BCUT2D eigenvalue weighted by atomic mass is 10.1. The van der Waals surface area contributed by atoms with E-state index >= 15 is 0 Å². The van der Waals surface area contributed by atoms with E-state index in [1.54, 1.807) is 0 Å². The molecule has 1 aromatic heterocycles. The average Bonchev–Trinajstić information content (AvgIpc) is 2.59. The van der Waals surface area contributed by atoms with Crippen molar-refractivity contribution < 1.29 is 23.0 Å². The van der Waals surface area contributed by atoms with E-state index in [1.165, 1.54) is 0 Å². The molecule has 3 N–H and O–H groups in total. The van der Waals surface area contributed by atoms with Gasteiger partial charge in [-0.15, -0.1) is 0 Å².